The van der Waals surface area contributed by atoms with Crippen molar-refractivity contribution >= 4 is 43.7 Å². The van der Waals surface area contributed by atoms with Crippen molar-refractivity contribution in [2.75, 3.05) is 0 Å². The Morgan fingerprint density at radius 2 is 1.38 bits per heavy atom. The van der Waals surface area contributed by atoms with E-state index in [9.17, 15) is 0 Å². The number of allylic oxidation sites excluding steroid dienone is 9. The molecule has 3 nitrogen and oxygen atoms in total. The molecule has 198 valence electrons. The Hall–Kier alpha value is -5.02. The Bertz CT molecular complexity index is 1890. The SMILES string of the molecule is C=C(/C=C\C)/C(C)=C/C(=C\N)c1ccc2c(ccc3c4ccc(C(/C=C\C)=C/N)cc4n(-c4ccccc4)c23)c1. The van der Waals surface area contributed by atoms with Gasteiger partial charge in [-0.1, -0.05) is 85.5 Å². The predicted octanol–water partition coefficient (Wildman–Crippen LogP) is 9.19. The van der Waals surface area contributed by atoms with E-state index in [2.05, 4.69) is 103 Å². The highest BCUT2D eigenvalue weighted by atomic mass is 15.0. The standard InChI is InChI=1S/C37H35N3/c1-5-10-25(3)26(4)20-31(24-39)27-14-17-33-29(21-27)16-19-35-34-18-15-28(30(23-38)11-6-2)22-36(34)40(37(33)35)32-12-8-7-9-13-32/h5-24H,3,38-39H2,1-2,4H3/b10-5-,11-6-,26-20+,30-23+,31-24+. The summed E-state index contributed by atoms with van der Waals surface area (Å²) in [5.41, 5.74) is 21.7. The lowest BCUT2D eigenvalue weighted by Gasteiger charge is -2.12. The minimum Gasteiger partial charge on any atom is -0.404 e. The van der Waals surface area contributed by atoms with Crippen molar-refractivity contribution in [1.82, 2.24) is 4.57 Å². The molecule has 0 fully saturated rings. The number of benzene rings is 4. The molecule has 40 heavy (non-hydrogen) atoms. The summed E-state index contributed by atoms with van der Waals surface area (Å²) in [7, 11) is 0. The second kappa shape index (κ2) is 11.4. The fraction of sp³-hybridized carbons (Fsp3) is 0.0811. The Morgan fingerprint density at radius 1 is 0.725 bits per heavy atom. The Morgan fingerprint density at radius 3 is 2.05 bits per heavy atom. The van der Waals surface area contributed by atoms with Crippen molar-refractivity contribution in [3.8, 4) is 5.69 Å². The zero-order chi connectivity index (χ0) is 28.2. The monoisotopic (exact) mass is 521 g/mol. The van der Waals surface area contributed by atoms with Gasteiger partial charge in [0.2, 0.25) is 0 Å². The van der Waals surface area contributed by atoms with Crippen molar-refractivity contribution in [1.29, 1.82) is 0 Å². The molecule has 1 heterocycles. The van der Waals surface area contributed by atoms with E-state index < -0.39 is 0 Å². The molecule has 4 aromatic carbocycles. The third kappa shape index (κ3) is 4.78. The smallest absolute Gasteiger partial charge is 0.0619 e. The molecule has 0 aliphatic rings. The van der Waals surface area contributed by atoms with Crippen LogP contribution < -0.4 is 11.5 Å². The van der Waals surface area contributed by atoms with E-state index in [1.807, 2.05) is 38.2 Å². The second-order valence-electron chi connectivity index (χ2n) is 9.90. The lowest BCUT2D eigenvalue weighted by atomic mass is 9.97. The summed E-state index contributed by atoms with van der Waals surface area (Å²) >= 11 is 0. The number of fused-ring (bicyclic) bond motifs is 5. The van der Waals surface area contributed by atoms with Gasteiger partial charge in [0.25, 0.3) is 0 Å². The largest absolute Gasteiger partial charge is 0.404 e. The van der Waals surface area contributed by atoms with E-state index in [-0.39, 0.29) is 0 Å². The maximum atomic E-state index is 6.11. The first-order chi connectivity index (χ1) is 19.5. The quantitative estimate of drug-likeness (QED) is 0.210. The van der Waals surface area contributed by atoms with Gasteiger partial charge in [-0.15, -0.1) is 0 Å². The van der Waals surface area contributed by atoms with Crippen LogP contribution in [0.3, 0.4) is 0 Å². The molecule has 0 saturated carbocycles. The van der Waals surface area contributed by atoms with E-state index in [0.29, 0.717) is 0 Å². The van der Waals surface area contributed by atoms with E-state index in [1.165, 1.54) is 21.7 Å². The zero-order valence-corrected chi connectivity index (χ0v) is 23.4. The number of nitrogens with zero attached hydrogens (tertiary/aromatic N) is 1. The Labute approximate surface area is 236 Å². The van der Waals surface area contributed by atoms with Gasteiger partial charge in [0.05, 0.1) is 11.0 Å². The van der Waals surface area contributed by atoms with Gasteiger partial charge in [0.15, 0.2) is 0 Å². The average molecular weight is 522 g/mol. The molecule has 0 amide bonds. The van der Waals surface area contributed by atoms with Crippen LogP contribution in [0, 0.1) is 0 Å². The van der Waals surface area contributed by atoms with Crippen molar-refractivity contribution < 1.29 is 0 Å². The number of hydrogen-bond donors (Lipinski definition) is 2. The second-order valence-corrected chi connectivity index (χ2v) is 9.90. The van der Waals surface area contributed by atoms with Crippen molar-refractivity contribution in [3.05, 3.63) is 150 Å². The van der Waals surface area contributed by atoms with E-state index >= 15 is 0 Å². The maximum absolute atomic E-state index is 6.11. The van der Waals surface area contributed by atoms with Crippen molar-refractivity contribution in [2.24, 2.45) is 11.5 Å². The number of aromatic nitrogens is 1. The summed E-state index contributed by atoms with van der Waals surface area (Å²) in [5, 5.41) is 4.75. The summed E-state index contributed by atoms with van der Waals surface area (Å²) < 4.78 is 2.37. The molecule has 0 saturated heterocycles. The van der Waals surface area contributed by atoms with Crippen LogP contribution in [-0.2, 0) is 0 Å². The number of nitrogens with two attached hydrogens (primary N) is 2. The van der Waals surface area contributed by atoms with Crippen molar-refractivity contribution in [3.63, 3.8) is 0 Å². The van der Waals surface area contributed by atoms with Gasteiger partial charge < -0.3 is 16.0 Å². The first-order valence-electron chi connectivity index (χ1n) is 13.5. The molecule has 0 aliphatic heterocycles. The van der Waals surface area contributed by atoms with Gasteiger partial charge >= 0.3 is 0 Å². The molecule has 1 aromatic heterocycles. The highest BCUT2D eigenvalue weighted by Gasteiger charge is 2.16. The predicted molar refractivity (Wildman–Crippen MR) is 175 cm³/mol. The minimum atomic E-state index is 0.962. The minimum absolute atomic E-state index is 0.962. The molecule has 5 rings (SSSR count). The summed E-state index contributed by atoms with van der Waals surface area (Å²) in [6, 6.07) is 28.2. The molecular formula is C37H35N3. The molecule has 0 atom stereocenters. The molecular weight excluding hydrogens is 486 g/mol. The van der Waals surface area contributed by atoms with Crippen LogP contribution in [0.5, 0.6) is 0 Å². The van der Waals surface area contributed by atoms with Crippen LogP contribution in [0.1, 0.15) is 31.9 Å². The molecule has 0 unspecified atom stereocenters. The number of para-hydroxylation sites is 1. The molecule has 0 aliphatic carbocycles. The van der Waals surface area contributed by atoms with Crippen LogP contribution in [0.4, 0.5) is 0 Å². The third-order valence-electron chi connectivity index (χ3n) is 7.38. The van der Waals surface area contributed by atoms with Gasteiger partial charge in [-0.05, 0) is 89.9 Å². The third-order valence-corrected chi connectivity index (χ3v) is 7.38. The zero-order valence-electron chi connectivity index (χ0n) is 23.4. The van der Waals surface area contributed by atoms with Crippen molar-refractivity contribution in [2.45, 2.75) is 20.8 Å². The fourth-order valence-corrected chi connectivity index (χ4v) is 5.35. The van der Waals surface area contributed by atoms with Gasteiger partial charge in [-0.2, -0.15) is 0 Å². The van der Waals surface area contributed by atoms with E-state index in [0.717, 1.165) is 50.0 Å². The highest BCUT2D eigenvalue weighted by Crippen LogP contribution is 2.38. The summed E-state index contributed by atoms with van der Waals surface area (Å²) in [4.78, 5) is 0. The van der Waals surface area contributed by atoms with Gasteiger partial charge in [-0.25, -0.2) is 0 Å². The summed E-state index contributed by atoms with van der Waals surface area (Å²) in [5.74, 6) is 0. The van der Waals surface area contributed by atoms with Crippen LogP contribution in [0.2, 0.25) is 0 Å². The fourth-order valence-electron chi connectivity index (χ4n) is 5.35. The normalized spacial score (nSPS) is 13.4. The van der Waals surface area contributed by atoms with Gasteiger partial charge in [0, 0.05) is 34.2 Å². The summed E-state index contributed by atoms with van der Waals surface area (Å²) in [6.07, 6.45) is 13.5. The lowest BCUT2D eigenvalue weighted by Crippen LogP contribution is -1.95. The van der Waals surface area contributed by atoms with Crippen LogP contribution in [0.15, 0.2) is 139 Å². The van der Waals surface area contributed by atoms with E-state index in [4.69, 9.17) is 11.5 Å². The number of rotatable bonds is 7. The first-order valence-corrected chi connectivity index (χ1v) is 13.5. The summed E-state index contributed by atoms with van der Waals surface area (Å²) in [6.45, 7) is 10.2. The van der Waals surface area contributed by atoms with Crippen LogP contribution >= 0.6 is 0 Å². The molecule has 0 radical (unpaired) electrons. The van der Waals surface area contributed by atoms with E-state index in [1.54, 1.807) is 12.4 Å². The Balaban J connectivity index is 1.77. The topological polar surface area (TPSA) is 57.0 Å². The van der Waals surface area contributed by atoms with Crippen LogP contribution in [0.25, 0.3) is 49.4 Å². The highest BCUT2D eigenvalue weighted by molar-refractivity contribution is 6.19. The van der Waals surface area contributed by atoms with Gasteiger partial charge in [0.1, 0.15) is 0 Å². The first kappa shape index (κ1) is 26.6. The average Bonchev–Trinajstić information content (AvgIpc) is 3.32. The lowest BCUT2D eigenvalue weighted by molar-refractivity contribution is 1.19. The maximum Gasteiger partial charge on any atom is 0.0619 e. The molecule has 4 N–H and O–H groups in total. The van der Waals surface area contributed by atoms with Crippen LogP contribution in [-0.4, -0.2) is 4.57 Å². The Kier molecular flexibility index (Phi) is 7.56. The van der Waals surface area contributed by atoms with Gasteiger partial charge in [-0.3, -0.25) is 0 Å². The molecule has 0 spiro atoms. The molecule has 3 heteroatoms. The molecule has 5 aromatic rings. The number of hydrogen-bond acceptors (Lipinski definition) is 2. The molecule has 0 bridgehead atoms.